The van der Waals surface area contributed by atoms with Gasteiger partial charge in [-0.1, -0.05) is 11.6 Å². The molecule has 1 rings (SSSR count). The zero-order chi connectivity index (χ0) is 14.4. The molecule has 0 heterocycles. The van der Waals surface area contributed by atoms with E-state index in [9.17, 15) is 9.90 Å². The van der Waals surface area contributed by atoms with Gasteiger partial charge in [-0.3, -0.25) is 4.79 Å². The number of rotatable bonds is 7. The van der Waals surface area contributed by atoms with Gasteiger partial charge in [0.15, 0.2) is 0 Å². The highest BCUT2D eigenvalue weighted by molar-refractivity contribution is 5.72. The number of hydrogen-bond donors (Lipinski definition) is 3. The predicted molar refractivity (Wildman–Crippen MR) is 72.4 cm³/mol. The van der Waals surface area contributed by atoms with Crippen molar-refractivity contribution in [2.45, 2.75) is 32.9 Å². The summed E-state index contributed by atoms with van der Waals surface area (Å²) >= 11 is 0. The van der Waals surface area contributed by atoms with Gasteiger partial charge in [-0.15, -0.1) is 0 Å². The maximum atomic E-state index is 10.7. The summed E-state index contributed by atoms with van der Waals surface area (Å²) in [7, 11) is 0. The fraction of sp³-hybridized carbons (Fsp3) is 0.500. The van der Waals surface area contributed by atoms with Crippen molar-refractivity contribution >= 4 is 5.97 Å². The Hall–Kier alpha value is -1.59. The van der Waals surface area contributed by atoms with Crippen LogP contribution in [0.3, 0.4) is 0 Å². The molecule has 19 heavy (non-hydrogen) atoms. The molecule has 5 nitrogen and oxygen atoms in total. The van der Waals surface area contributed by atoms with E-state index in [0.717, 1.165) is 5.56 Å². The molecule has 3 N–H and O–H groups in total. The van der Waals surface area contributed by atoms with Crippen LogP contribution in [0.2, 0.25) is 0 Å². The molecule has 106 valence electrons. The Morgan fingerprint density at radius 2 is 2.16 bits per heavy atom. The molecule has 0 saturated heterocycles. The summed E-state index contributed by atoms with van der Waals surface area (Å²) < 4.78 is 5.46. The van der Waals surface area contributed by atoms with Crippen LogP contribution in [-0.4, -0.2) is 35.4 Å². The molecule has 0 aliphatic heterocycles. The van der Waals surface area contributed by atoms with Crippen molar-refractivity contribution in [3.05, 3.63) is 29.3 Å². The molecule has 0 aromatic heterocycles. The molecule has 1 aromatic rings. The lowest BCUT2D eigenvalue weighted by Crippen LogP contribution is -2.36. The third kappa shape index (κ3) is 4.54. The van der Waals surface area contributed by atoms with Crippen LogP contribution in [0.4, 0.5) is 0 Å². The van der Waals surface area contributed by atoms with Gasteiger partial charge in [-0.25, -0.2) is 0 Å². The summed E-state index contributed by atoms with van der Waals surface area (Å²) in [6.07, 6.45) is -0.803. The lowest BCUT2D eigenvalue weighted by molar-refractivity contribution is -0.139. The molecule has 0 saturated carbocycles. The summed E-state index contributed by atoms with van der Waals surface area (Å²) in [6, 6.07) is 4.88. The summed E-state index contributed by atoms with van der Waals surface area (Å²) in [4.78, 5) is 10.7. The first kappa shape index (κ1) is 15.5. The second-order valence-corrected chi connectivity index (χ2v) is 4.46. The third-order valence-electron chi connectivity index (χ3n) is 2.81. The van der Waals surface area contributed by atoms with E-state index >= 15 is 0 Å². The molecular formula is C14H21NO4. The predicted octanol–water partition coefficient (Wildman–Crippen LogP) is 1.49. The molecule has 2 unspecified atom stereocenters. The normalized spacial score (nSPS) is 13.9. The lowest BCUT2D eigenvalue weighted by Gasteiger charge is -2.18. The zero-order valence-corrected chi connectivity index (χ0v) is 11.5. The highest BCUT2D eigenvalue weighted by Gasteiger charge is 2.17. The molecule has 0 bridgehead atoms. The highest BCUT2D eigenvalue weighted by Crippen LogP contribution is 2.26. The summed E-state index contributed by atoms with van der Waals surface area (Å²) in [6.45, 7) is 6.02. The second-order valence-electron chi connectivity index (χ2n) is 4.46. The largest absolute Gasteiger partial charge is 0.493 e. The Balaban J connectivity index is 2.77. The van der Waals surface area contributed by atoms with E-state index in [1.807, 2.05) is 32.0 Å². The number of nitrogens with one attached hydrogen (secondary N) is 1. The molecule has 0 fully saturated rings. The van der Waals surface area contributed by atoms with Crippen LogP contribution in [-0.2, 0) is 4.79 Å². The number of aliphatic hydroxyl groups excluding tert-OH is 1. The number of benzene rings is 1. The number of aliphatic hydroxyl groups is 1. The molecule has 0 radical (unpaired) electrons. The van der Waals surface area contributed by atoms with E-state index in [-0.39, 0.29) is 6.54 Å². The van der Waals surface area contributed by atoms with Crippen LogP contribution in [0, 0.1) is 6.92 Å². The van der Waals surface area contributed by atoms with Crippen molar-refractivity contribution in [2.24, 2.45) is 0 Å². The quantitative estimate of drug-likeness (QED) is 0.697. The number of carbonyl (C=O) groups is 1. The molecule has 0 amide bonds. The SMILES string of the molecule is CCOc1ccc(C)cc1C(O)CNC(C)C(=O)O. The molecule has 1 aromatic carbocycles. The molecule has 0 aliphatic rings. The number of carboxylic acid groups (broad SMARTS) is 1. The average molecular weight is 267 g/mol. The maximum absolute atomic E-state index is 10.7. The summed E-state index contributed by atoms with van der Waals surface area (Å²) in [5.74, 6) is -0.313. The van der Waals surface area contributed by atoms with Crippen LogP contribution in [0.5, 0.6) is 5.75 Å². The first-order valence-corrected chi connectivity index (χ1v) is 6.33. The van der Waals surface area contributed by atoms with Crippen LogP contribution in [0.25, 0.3) is 0 Å². The van der Waals surface area contributed by atoms with Crippen molar-refractivity contribution in [3.63, 3.8) is 0 Å². The number of carboxylic acids is 1. The van der Waals surface area contributed by atoms with Gasteiger partial charge in [0.25, 0.3) is 0 Å². The van der Waals surface area contributed by atoms with E-state index < -0.39 is 18.1 Å². The maximum Gasteiger partial charge on any atom is 0.320 e. The van der Waals surface area contributed by atoms with Crippen LogP contribution in [0.1, 0.15) is 31.1 Å². The van der Waals surface area contributed by atoms with Gasteiger partial charge in [0.05, 0.1) is 12.7 Å². The van der Waals surface area contributed by atoms with Gasteiger partial charge in [0.1, 0.15) is 11.8 Å². The van der Waals surface area contributed by atoms with E-state index in [2.05, 4.69) is 5.32 Å². The number of aryl methyl sites for hydroxylation is 1. The van der Waals surface area contributed by atoms with Crippen molar-refractivity contribution in [2.75, 3.05) is 13.2 Å². The third-order valence-corrected chi connectivity index (χ3v) is 2.81. The smallest absolute Gasteiger partial charge is 0.320 e. The van der Waals surface area contributed by atoms with Gasteiger partial charge in [0.2, 0.25) is 0 Å². The minimum absolute atomic E-state index is 0.164. The van der Waals surface area contributed by atoms with Gasteiger partial charge in [-0.2, -0.15) is 0 Å². The Morgan fingerprint density at radius 3 is 2.74 bits per heavy atom. The number of aliphatic carboxylic acids is 1. The Kier molecular flexibility index (Phi) is 5.79. The monoisotopic (exact) mass is 267 g/mol. The molecule has 5 heteroatoms. The number of hydrogen-bond acceptors (Lipinski definition) is 4. The fourth-order valence-electron chi connectivity index (χ4n) is 1.70. The summed E-state index contributed by atoms with van der Waals surface area (Å²) in [5.41, 5.74) is 1.69. The van der Waals surface area contributed by atoms with Gasteiger partial charge in [0, 0.05) is 12.1 Å². The highest BCUT2D eigenvalue weighted by atomic mass is 16.5. The van der Waals surface area contributed by atoms with Crippen LogP contribution in [0.15, 0.2) is 18.2 Å². The van der Waals surface area contributed by atoms with E-state index in [1.54, 1.807) is 0 Å². The van der Waals surface area contributed by atoms with E-state index in [4.69, 9.17) is 9.84 Å². The topological polar surface area (TPSA) is 78.8 Å². The first-order chi connectivity index (χ1) is 8.95. The standard InChI is InChI=1S/C14H21NO4/c1-4-19-13-6-5-9(2)7-11(13)12(16)8-15-10(3)14(17)18/h5-7,10,12,15-16H,4,8H2,1-3H3,(H,17,18). The molecule has 2 atom stereocenters. The van der Waals surface area contributed by atoms with Gasteiger partial charge < -0.3 is 20.3 Å². The fourth-order valence-corrected chi connectivity index (χ4v) is 1.70. The Labute approximate surface area is 113 Å². The van der Waals surface area contributed by atoms with Crippen molar-refractivity contribution in [1.82, 2.24) is 5.32 Å². The second kappa shape index (κ2) is 7.11. The Bertz CT molecular complexity index is 433. The van der Waals surface area contributed by atoms with E-state index in [1.165, 1.54) is 6.92 Å². The van der Waals surface area contributed by atoms with E-state index in [0.29, 0.717) is 17.9 Å². The minimum Gasteiger partial charge on any atom is -0.493 e. The zero-order valence-electron chi connectivity index (χ0n) is 11.5. The minimum atomic E-state index is -0.943. The number of ether oxygens (including phenoxy) is 1. The molecule has 0 aliphatic carbocycles. The first-order valence-electron chi connectivity index (χ1n) is 6.33. The Morgan fingerprint density at radius 1 is 1.47 bits per heavy atom. The van der Waals surface area contributed by atoms with Crippen molar-refractivity contribution in [1.29, 1.82) is 0 Å². The average Bonchev–Trinajstić information content (AvgIpc) is 2.37. The van der Waals surface area contributed by atoms with Crippen LogP contribution >= 0.6 is 0 Å². The molecule has 0 spiro atoms. The summed E-state index contributed by atoms with van der Waals surface area (Å²) in [5, 5.41) is 21.7. The van der Waals surface area contributed by atoms with Crippen molar-refractivity contribution in [3.8, 4) is 5.75 Å². The van der Waals surface area contributed by atoms with Gasteiger partial charge in [-0.05, 0) is 32.9 Å². The van der Waals surface area contributed by atoms with Crippen LogP contribution < -0.4 is 10.1 Å². The molecular weight excluding hydrogens is 246 g/mol. The van der Waals surface area contributed by atoms with Gasteiger partial charge >= 0.3 is 5.97 Å². The lowest BCUT2D eigenvalue weighted by atomic mass is 10.0. The van der Waals surface area contributed by atoms with Crippen molar-refractivity contribution < 1.29 is 19.7 Å².